The minimum atomic E-state index is -4.15. The molecule has 0 saturated heterocycles. The Balaban J connectivity index is 2.16. The molecule has 0 bridgehead atoms. The van der Waals surface area contributed by atoms with Crippen LogP contribution in [0.3, 0.4) is 0 Å². The predicted molar refractivity (Wildman–Crippen MR) is 118 cm³/mol. The van der Waals surface area contributed by atoms with Crippen molar-refractivity contribution >= 4 is 38.4 Å². The first-order chi connectivity index (χ1) is 14.8. The fraction of sp³-hybridized carbons (Fsp3) is 0.217. The Hall–Kier alpha value is -3.39. The quantitative estimate of drug-likeness (QED) is 0.520. The van der Waals surface area contributed by atoms with Crippen molar-refractivity contribution in [1.82, 2.24) is 0 Å². The van der Waals surface area contributed by atoms with Crippen molar-refractivity contribution in [3.63, 3.8) is 0 Å². The fourth-order valence-electron chi connectivity index (χ4n) is 3.20. The fourth-order valence-corrected chi connectivity index (χ4v) is 4.70. The molecule has 0 radical (unpaired) electrons. The van der Waals surface area contributed by atoms with E-state index in [9.17, 15) is 18.0 Å². The normalized spacial score (nSPS) is 11.2. The first-order valence-electron chi connectivity index (χ1n) is 9.64. The summed E-state index contributed by atoms with van der Waals surface area (Å²) in [5, 5.41) is 1.64. The maximum Gasteiger partial charge on any atom is 0.337 e. The van der Waals surface area contributed by atoms with Crippen molar-refractivity contribution in [3.05, 3.63) is 71.8 Å². The highest BCUT2D eigenvalue weighted by Crippen LogP contribution is 2.30. The minimum absolute atomic E-state index is 0.0263. The van der Waals surface area contributed by atoms with Crippen molar-refractivity contribution in [3.8, 4) is 0 Å². The Kier molecular flexibility index (Phi) is 6.60. The molecule has 0 spiro atoms. The molecule has 0 heterocycles. The van der Waals surface area contributed by atoms with Gasteiger partial charge in [-0.3, -0.25) is 9.10 Å². The van der Waals surface area contributed by atoms with Crippen LogP contribution in [-0.4, -0.2) is 40.6 Å². The molecule has 8 heteroatoms. The second-order valence-electron chi connectivity index (χ2n) is 6.82. The van der Waals surface area contributed by atoms with E-state index in [1.807, 2.05) is 24.3 Å². The Morgan fingerprint density at radius 3 is 2.35 bits per heavy atom. The summed E-state index contributed by atoms with van der Waals surface area (Å²) in [6.07, 6.45) is 0. The molecule has 0 fully saturated rings. The van der Waals surface area contributed by atoms with Gasteiger partial charge in [-0.15, -0.1) is 0 Å². The largest absolute Gasteiger partial charge is 0.465 e. The number of esters is 2. The van der Waals surface area contributed by atoms with E-state index in [0.717, 1.165) is 15.1 Å². The molecule has 3 aromatic carbocycles. The summed E-state index contributed by atoms with van der Waals surface area (Å²) < 4.78 is 38.0. The van der Waals surface area contributed by atoms with Gasteiger partial charge in [-0.2, -0.15) is 0 Å². The van der Waals surface area contributed by atoms with Crippen LogP contribution in [0.5, 0.6) is 0 Å². The van der Waals surface area contributed by atoms with Gasteiger partial charge in [0.05, 0.1) is 29.9 Å². The maximum atomic E-state index is 13.6. The minimum Gasteiger partial charge on any atom is -0.465 e. The maximum absolute atomic E-state index is 13.6. The van der Waals surface area contributed by atoms with Gasteiger partial charge in [0, 0.05) is 0 Å². The number of sulfonamides is 1. The van der Waals surface area contributed by atoms with Crippen LogP contribution in [0, 0.1) is 6.92 Å². The average Bonchev–Trinajstić information content (AvgIpc) is 2.77. The van der Waals surface area contributed by atoms with E-state index in [0.29, 0.717) is 5.56 Å². The van der Waals surface area contributed by atoms with Crippen LogP contribution < -0.4 is 4.31 Å². The Morgan fingerprint density at radius 1 is 0.968 bits per heavy atom. The Bertz CT molecular complexity index is 1240. The number of ether oxygens (including phenoxy) is 2. The zero-order valence-corrected chi connectivity index (χ0v) is 18.3. The third-order valence-electron chi connectivity index (χ3n) is 4.79. The standard InChI is InChI=1S/C23H23NO6S/c1-4-30-22(25)15-24(21-14-19(23(26)29-3)10-9-16(21)2)31(27,28)20-12-11-17-7-5-6-8-18(17)13-20/h5-14H,4,15H2,1-3H3. The van der Waals surface area contributed by atoms with Crippen LogP contribution in [-0.2, 0) is 24.3 Å². The van der Waals surface area contributed by atoms with E-state index in [1.165, 1.54) is 25.3 Å². The van der Waals surface area contributed by atoms with Gasteiger partial charge in [-0.05, 0) is 54.4 Å². The molecule has 0 unspecified atom stereocenters. The van der Waals surface area contributed by atoms with Crippen molar-refractivity contribution in [2.75, 3.05) is 24.6 Å². The predicted octanol–water partition coefficient (Wildman–Crippen LogP) is 3.69. The second kappa shape index (κ2) is 9.18. The van der Waals surface area contributed by atoms with Crippen molar-refractivity contribution in [1.29, 1.82) is 0 Å². The van der Waals surface area contributed by atoms with Gasteiger partial charge in [0.25, 0.3) is 10.0 Å². The highest BCUT2D eigenvalue weighted by atomic mass is 32.2. The van der Waals surface area contributed by atoms with Crippen molar-refractivity contribution in [2.45, 2.75) is 18.7 Å². The molecule has 0 N–H and O–H groups in total. The SMILES string of the molecule is CCOC(=O)CN(c1cc(C(=O)OC)ccc1C)S(=O)(=O)c1ccc2ccccc2c1. The van der Waals surface area contributed by atoms with E-state index in [-0.39, 0.29) is 22.8 Å². The third-order valence-corrected chi connectivity index (χ3v) is 6.54. The number of nitrogens with zero attached hydrogens (tertiary/aromatic N) is 1. The number of benzene rings is 3. The van der Waals surface area contributed by atoms with E-state index in [4.69, 9.17) is 9.47 Å². The number of anilines is 1. The number of carbonyl (C=O) groups is 2. The molecule has 0 aliphatic heterocycles. The number of methoxy groups -OCH3 is 1. The van der Waals surface area contributed by atoms with Gasteiger partial charge in [0.1, 0.15) is 6.54 Å². The van der Waals surface area contributed by atoms with E-state index < -0.39 is 28.5 Å². The summed E-state index contributed by atoms with van der Waals surface area (Å²) in [5.41, 5.74) is 0.941. The van der Waals surface area contributed by atoms with Crippen LogP contribution in [0.4, 0.5) is 5.69 Å². The number of hydrogen-bond acceptors (Lipinski definition) is 6. The Labute approximate surface area is 181 Å². The molecule has 7 nitrogen and oxygen atoms in total. The molecular weight excluding hydrogens is 418 g/mol. The molecule has 3 rings (SSSR count). The number of rotatable bonds is 7. The van der Waals surface area contributed by atoms with Gasteiger partial charge in [0.2, 0.25) is 0 Å². The first kappa shape index (κ1) is 22.3. The van der Waals surface area contributed by atoms with Crippen molar-refractivity contribution < 1.29 is 27.5 Å². The van der Waals surface area contributed by atoms with E-state index in [2.05, 4.69) is 0 Å². The summed E-state index contributed by atoms with van der Waals surface area (Å²) in [6, 6.07) is 16.7. The number of aryl methyl sites for hydroxylation is 1. The van der Waals surface area contributed by atoms with Gasteiger partial charge >= 0.3 is 11.9 Å². The lowest BCUT2D eigenvalue weighted by atomic mass is 10.1. The second-order valence-corrected chi connectivity index (χ2v) is 8.68. The topological polar surface area (TPSA) is 90.0 Å². The van der Waals surface area contributed by atoms with Crippen molar-refractivity contribution in [2.24, 2.45) is 0 Å². The molecule has 162 valence electrons. The smallest absolute Gasteiger partial charge is 0.337 e. The number of hydrogen-bond donors (Lipinski definition) is 0. The molecular formula is C23H23NO6S. The van der Waals surface area contributed by atoms with E-state index >= 15 is 0 Å². The molecule has 0 aliphatic rings. The highest BCUT2D eigenvalue weighted by molar-refractivity contribution is 7.92. The summed E-state index contributed by atoms with van der Waals surface area (Å²) in [5.74, 6) is -1.31. The lowest BCUT2D eigenvalue weighted by molar-refractivity contribution is -0.141. The lowest BCUT2D eigenvalue weighted by Crippen LogP contribution is -2.37. The third kappa shape index (κ3) is 4.69. The van der Waals surface area contributed by atoms with Crippen LogP contribution >= 0.6 is 0 Å². The monoisotopic (exact) mass is 441 g/mol. The van der Waals surface area contributed by atoms with Crippen LogP contribution in [0.25, 0.3) is 10.8 Å². The van der Waals surface area contributed by atoms with Gasteiger partial charge in [-0.25, -0.2) is 13.2 Å². The van der Waals surface area contributed by atoms with Gasteiger partial charge in [-0.1, -0.05) is 36.4 Å². The first-order valence-corrected chi connectivity index (χ1v) is 11.1. The van der Waals surface area contributed by atoms with Gasteiger partial charge < -0.3 is 9.47 Å². The molecule has 31 heavy (non-hydrogen) atoms. The molecule has 3 aromatic rings. The average molecular weight is 442 g/mol. The zero-order chi connectivity index (χ0) is 22.6. The van der Waals surface area contributed by atoms with E-state index in [1.54, 1.807) is 32.0 Å². The zero-order valence-electron chi connectivity index (χ0n) is 17.5. The van der Waals surface area contributed by atoms with Crippen LogP contribution in [0.15, 0.2) is 65.6 Å². The molecule has 0 atom stereocenters. The summed E-state index contributed by atoms with van der Waals surface area (Å²) in [4.78, 5) is 24.3. The lowest BCUT2D eigenvalue weighted by Gasteiger charge is -2.25. The highest BCUT2D eigenvalue weighted by Gasteiger charge is 2.29. The molecule has 0 aromatic heterocycles. The Morgan fingerprint density at radius 2 is 1.68 bits per heavy atom. The van der Waals surface area contributed by atoms with Crippen LogP contribution in [0.2, 0.25) is 0 Å². The summed E-state index contributed by atoms with van der Waals surface area (Å²) in [6.45, 7) is 2.92. The van der Waals surface area contributed by atoms with Crippen LogP contribution in [0.1, 0.15) is 22.8 Å². The molecule has 0 saturated carbocycles. The summed E-state index contributed by atoms with van der Waals surface area (Å²) in [7, 11) is -2.91. The number of carbonyl (C=O) groups excluding carboxylic acids is 2. The molecule has 0 amide bonds. The molecule has 0 aliphatic carbocycles. The van der Waals surface area contributed by atoms with Gasteiger partial charge in [0.15, 0.2) is 0 Å². The summed E-state index contributed by atoms with van der Waals surface area (Å²) >= 11 is 0. The number of fused-ring (bicyclic) bond motifs is 1.